The Hall–Kier alpha value is -3.89. The summed E-state index contributed by atoms with van der Waals surface area (Å²) in [6.07, 6.45) is -1.64. The Morgan fingerprint density at radius 1 is 1.10 bits per heavy atom. The van der Waals surface area contributed by atoms with Crippen LogP contribution in [0.25, 0.3) is 16.8 Å². The van der Waals surface area contributed by atoms with Gasteiger partial charge < -0.3 is 14.8 Å². The first-order valence-corrected chi connectivity index (χ1v) is 8.26. The van der Waals surface area contributed by atoms with Crippen LogP contribution in [0.1, 0.15) is 0 Å². The van der Waals surface area contributed by atoms with Crippen molar-refractivity contribution in [3.63, 3.8) is 0 Å². The zero-order chi connectivity index (χ0) is 20.4. The Bertz CT molecular complexity index is 1160. The van der Waals surface area contributed by atoms with Gasteiger partial charge in [-0.05, 0) is 24.3 Å². The number of rotatable bonds is 5. The molecule has 0 fully saturated rings. The van der Waals surface area contributed by atoms with E-state index in [1.807, 2.05) is 0 Å². The number of fused-ring (bicyclic) bond motifs is 1. The second-order valence-corrected chi connectivity index (χ2v) is 5.77. The number of nitrogens with one attached hydrogen (secondary N) is 1. The lowest BCUT2D eigenvalue weighted by Gasteiger charge is -2.11. The minimum absolute atomic E-state index is 0.201. The topological polar surface area (TPSA) is 86.5 Å². The summed E-state index contributed by atoms with van der Waals surface area (Å²) < 4.78 is 47.6. The highest BCUT2D eigenvalue weighted by Crippen LogP contribution is 2.27. The van der Waals surface area contributed by atoms with Crippen molar-refractivity contribution in [2.24, 2.45) is 0 Å². The minimum Gasteiger partial charge on any atom is -0.480 e. The molecule has 148 valence electrons. The monoisotopic (exact) mass is 402 g/mol. The van der Waals surface area contributed by atoms with Crippen LogP contribution in [0.4, 0.5) is 24.8 Å². The van der Waals surface area contributed by atoms with Crippen molar-refractivity contribution in [3.05, 3.63) is 54.9 Å². The van der Waals surface area contributed by atoms with E-state index >= 15 is 0 Å². The molecule has 0 amide bonds. The molecule has 3 heterocycles. The molecule has 29 heavy (non-hydrogen) atoms. The largest absolute Gasteiger partial charge is 0.573 e. The lowest BCUT2D eigenvalue weighted by molar-refractivity contribution is -0.274. The SMILES string of the molecule is COc1ccc2c(-c3ccnc(Nc4cccc(OC(F)(F)F)c4)n3)cnn2n1. The van der Waals surface area contributed by atoms with Gasteiger partial charge in [0.15, 0.2) is 0 Å². The summed E-state index contributed by atoms with van der Waals surface area (Å²) in [5.41, 5.74) is 2.32. The highest BCUT2D eigenvalue weighted by molar-refractivity contribution is 5.77. The highest BCUT2D eigenvalue weighted by atomic mass is 19.4. The van der Waals surface area contributed by atoms with Gasteiger partial charge in [0.2, 0.25) is 11.8 Å². The van der Waals surface area contributed by atoms with Gasteiger partial charge in [0.25, 0.3) is 0 Å². The van der Waals surface area contributed by atoms with Gasteiger partial charge in [0.1, 0.15) is 5.75 Å². The fourth-order valence-electron chi connectivity index (χ4n) is 2.64. The molecule has 0 aliphatic heterocycles. The van der Waals surface area contributed by atoms with E-state index in [9.17, 15) is 13.2 Å². The smallest absolute Gasteiger partial charge is 0.480 e. The molecule has 1 N–H and O–H groups in total. The van der Waals surface area contributed by atoms with E-state index < -0.39 is 6.36 Å². The van der Waals surface area contributed by atoms with Gasteiger partial charge in [0.05, 0.1) is 24.5 Å². The number of benzene rings is 1. The normalized spacial score (nSPS) is 11.4. The van der Waals surface area contributed by atoms with Crippen LogP contribution in [0.2, 0.25) is 0 Å². The van der Waals surface area contributed by atoms with E-state index in [4.69, 9.17) is 4.74 Å². The predicted molar refractivity (Wildman–Crippen MR) is 97.0 cm³/mol. The number of ether oxygens (including phenoxy) is 2. The highest BCUT2D eigenvalue weighted by Gasteiger charge is 2.31. The van der Waals surface area contributed by atoms with Crippen molar-refractivity contribution in [1.29, 1.82) is 0 Å². The van der Waals surface area contributed by atoms with Gasteiger partial charge in [0, 0.05) is 29.6 Å². The van der Waals surface area contributed by atoms with Gasteiger partial charge in [-0.1, -0.05) is 6.07 Å². The fraction of sp³-hybridized carbons (Fsp3) is 0.111. The van der Waals surface area contributed by atoms with Crippen LogP contribution in [0.5, 0.6) is 11.6 Å². The van der Waals surface area contributed by atoms with Gasteiger partial charge >= 0.3 is 6.36 Å². The second-order valence-electron chi connectivity index (χ2n) is 5.77. The summed E-state index contributed by atoms with van der Waals surface area (Å²) in [6.45, 7) is 0. The zero-order valence-corrected chi connectivity index (χ0v) is 14.9. The molecule has 4 aromatic rings. The zero-order valence-electron chi connectivity index (χ0n) is 14.9. The van der Waals surface area contributed by atoms with Crippen molar-refractivity contribution >= 4 is 17.2 Å². The first-order chi connectivity index (χ1) is 13.9. The maximum absolute atomic E-state index is 12.4. The Morgan fingerprint density at radius 2 is 1.97 bits per heavy atom. The summed E-state index contributed by atoms with van der Waals surface area (Å²) in [6, 6.07) is 10.6. The van der Waals surface area contributed by atoms with Crippen LogP contribution in [-0.4, -0.2) is 38.3 Å². The third-order valence-corrected chi connectivity index (χ3v) is 3.83. The number of aromatic nitrogens is 5. The Labute approximate surface area is 161 Å². The maximum atomic E-state index is 12.4. The number of nitrogens with zero attached hydrogens (tertiary/aromatic N) is 5. The van der Waals surface area contributed by atoms with Crippen LogP contribution in [0.3, 0.4) is 0 Å². The van der Waals surface area contributed by atoms with Crippen LogP contribution in [-0.2, 0) is 0 Å². The molecule has 0 unspecified atom stereocenters. The Morgan fingerprint density at radius 3 is 2.76 bits per heavy atom. The third-order valence-electron chi connectivity index (χ3n) is 3.83. The lowest BCUT2D eigenvalue weighted by atomic mass is 10.2. The number of hydrogen-bond donors (Lipinski definition) is 1. The molecule has 8 nitrogen and oxygen atoms in total. The summed E-state index contributed by atoms with van der Waals surface area (Å²) in [5.74, 6) is 0.270. The third kappa shape index (κ3) is 4.18. The standard InChI is InChI=1S/C18H13F3N6O2/c1-28-16-6-5-15-13(10-23-27(15)26-16)14-7-8-22-17(25-14)24-11-3-2-4-12(9-11)29-18(19,20)21/h2-10H,1H3,(H,22,24,25). The number of alkyl halides is 3. The fourth-order valence-corrected chi connectivity index (χ4v) is 2.64. The molecule has 1 aromatic carbocycles. The van der Waals surface area contributed by atoms with Gasteiger partial charge in [-0.25, -0.2) is 9.97 Å². The number of anilines is 2. The molecule has 0 saturated carbocycles. The van der Waals surface area contributed by atoms with Crippen LogP contribution >= 0.6 is 0 Å². The average molecular weight is 402 g/mol. The molecule has 0 spiro atoms. The molecule has 0 bridgehead atoms. The van der Waals surface area contributed by atoms with Gasteiger partial charge in [-0.2, -0.15) is 5.10 Å². The van der Waals surface area contributed by atoms with E-state index in [2.05, 4.69) is 30.2 Å². The van der Waals surface area contributed by atoms with E-state index in [0.29, 0.717) is 28.3 Å². The average Bonchev–Trinajstić information content (AvgIpc) is 3.10. The van der Waals surface area contributed by atoms with Crippen molar-refractivity contribution in [1.82, 2.24) is 24.8 Å². The van der Waals surface area contributed by atoms with Crippen LogP contribution in [0.15, 0.2) is 54.9 Å². The van der Waals surface area contributed by atoms with Crippen molar-refractivity contribution in [2.75, 3.05) is 12.4 Å². The van der Waals surface area contributed by atoms with E-state index in [1.54, 1.807) is 30.5 Å². The quantitative estimate of drug-likeness (QED) is 0.543. The van der Waals surface area contributed by atoms with E-state index in [1.165, 1.54) is 36.1 Å². The second kappa shape index (κ2) is 7.26. The molecular formula is C18H13F3N6O2. The molecule has 11 heteroatoms. The molecule has 0 radical (unpaired) electrons. The molecule has 0 saturated heterocycles. The van der Waals surface area contributed by atoms with E-state index in [-0.39, 0.29) is 11.7 Å². The molecular weight excluding hydrogens is 389 g/mol. The molecule has 0 aliphatic rings. The number of methoxy groups -OCH3 is 1. The molecule has 3 aromatic heterocycles. The summed E-state index contributed by atoms with van der Waals surface area (Å²) in [4.78, 5) is 8.52. The maximum Gasteiger partial charge on any atom is 0.573 e. The lowest BCUT2D eigenvalue weighted by Crippen LogP contribution is -2.17. The number of halogens is 3. The Balaban J connectivity index is 1.61. The van der Waals surface area contributed by atoms with Crippen LogP contribution < -0.4 is 14.8 Å². The van der Waals surface area contributed by atoms with E-state index in [0.717, 1.165) is 0 Å². The predicted octanol–water partition coefficient (Wildman–Crippen LogP) is 3.84. The minimum atomic E-state index is -4.77. The summed E-state index contributed by atoms with van der Waals surface area (Å²) in [5, 5.41) is 11.2. The van der Waals surface area contributed by atoms with Crippen molar-refractivity contribution in [2.45, 2.75) is 6.36 Å². The van der Waals surface area contributed by atoms with Crippen molar-refractivity contribution in [3.8, 4) is 22.9 Å². The molecule has 0 atom stereocenters. The van der Waals surface area contributed by atoms with Gasteiger partial charge in [-0.15, -0.1) is 22.9 Å². The van der Waals surface area contributed by atoms with Crippen molar-refractivity contribution < 1.29 is 22.6 Å². The van der Waals surface area contributed by atoms with Gasteiger partial charge in [-0.3, -0.25) is 0 Å². The number of hydrogen-bond acceptors (Lipinski definition) is 7. The first kappa shape index (κ1) is 18.5. The molecule has 4 rings (SSSR count). The summed E-state index contributed by atoms with van der Waals surface area (Å²) >= 11 is 0. The van der Waals surface area contributed by atoms with Crippen LogP contribution in [0, 0.1) is 0 Å². The Kier molecular flexibility index (Phi) is 4.63. The summed E-state index contributed by atoms with van der Waals surface area (Å²) in [7, 11) is 1.51. The molecule has 0 aliphatic carbocycles. The first-order valence-electron chi connectivity index (χ1n) is 8.26.